The minimum Gasteiger partial charge on any atom is -0.369 e. The van der Waals surface area contributed by atoms with Crippen LogP contribution in [-0.2, 0) is 9.57 Å². The standard InChI is InChI=1S/C9H20NO2/c1-4-9-8-12-7-6-10(9,5-2)11-3/h9H,4-8H2,1-3H3/q+1. The van der Waals surface area contributed by atoms with Crippen molar-refractivity contribution in [1.82, 2.24) is 0 Å². The minimum absolute atomic E-state index is 0.522. The van der Waals surface area contributed by atoms with Crippen molar-refractivity contribution in [3.8, 4) is 0 Å². The first-order chi connectivity index (χ1) is 5.79. The van der Waals surface area contributed by atoms with Gasteiger partial charge in [0, 0.05) is 6.42 Å². The summed E-state index contributed by atoms with van der Waals surface area (Å²) in [6.07, 6.45) is 1.13. The van der Waals surface area contributed by atoms with Crippen LogP contribution < -0.4 is 0 Å². The third-order valence-corrected chi connectivity index (χ3v) is 2.96. The lowest BCUT2D eigenvalue weighted by molar-refractivity contribution is -1.12. The van der Waals surface area contributed by atoms with Gasteiger partial charge in [-0.05, 0) is 6.92 Å². The Bertz CT molecular complexity index is 134. The normalized spacial score (nSPS) is 36.8. The molecule has 1 rings (SSSR count). The third kappa shape index (κ3) is 1.63. The number of hydrogen-bond acceptors (Lipinski definition) is 2. The van der Waals surface area contributed by atoms with Crippen molar-refractivity contribution in [3.63, 3.8) is 0 Å². The quantitative estimate of drug-likeness (QED) is 0.598. The lowest BCUT2D eigenvalue weighted by Gasteiger charge is -2.42. The first-order valence-corrected chi connectivity index (χ1v) is 4.79. The number of morpholine rings is 1. The maximum absolute atomic E-state index is 5.59. The molecule has 0 bridgehead atoms. The molecular weight excluding hydrogens is 154 g/mol. The average Bonchev–Trinajstić information content (AvgIpc) is 2.17. The van der Waals surface area contributed by atoms with E-state index in [1.807, 2.05) is 0 Å². The van der Waals surface area contributed by atoms with Gasteiger partial charge in [-0.3, -0.25) is 0 Å². The molecule has 0 spiro atoms. The molecule has 72 valence electrons. The van der Waals surface area contributed by atoms with E-state index in [9.17, 15) is 0 Å². The van der Waals surface area contributed by atoms with E-state index in [4.69, 9.17) is 9.57 Å². The summed E-state index contributed by atoms with van der Waals surface area (Å²) >= 11 is 0. The zero-order valence-electron chi connectivity index (χ0n) is 8.38. The number of ether oxygens (including phenoxy) is 1. The van der Waals surface area contributed by atoms with Crippen molar-refractivity contribution in [1.29, 1.82) is 0 Å². The first kappa shape index (κ1) is 9.96. The molecule has 3 heteroatoms. The Morgan fingerprint density at radius 3 is 2.67 bits per heavy atom. The van der Waals surface area contributed by atoms with Gasteiger partial charge in [-0.1, -0.05) is 6.92 Å². The van der Waals surface area contributed by atoms with Gasteiger partial charge in [0.25, 0.3) is 0 Å². The lowest BCUT2D eigenvalue weighted by atomic mass is 10.1. The Morgan fingerprint density at radius 2 is 2.25 bits per heavy atom. The molecule has 12 heavy (non-hydrogen) atoms. The molecule has 0 radical (unpaired) electrons. The van der Waals surface area contributed by atoms with Crippen LogP contribution in [0.5, 0.6) is 0 Å². The maximum atomic E-state index is 5.59. The Balaban J connectivity index is 2.66. The number of hydrogen-bond donors (Lipinski definition) is 0. The van der Waals surface area contributed by atoms with Crippen LogP contribution in [0.1, 0.15) is 20.3 Å². The fraction of sp³-hybridized carbons (Fsp3) is 1.00. The van der Waals surface area contributed by atoms with Gasteiger partial charge < -0.3 is 4.74 Å². The maximum Gasteiger partial charge on any atom is 0.142 e. The minimum atomic E-state index is 0.522. The van der Waals surface area contributed by atoms with Gasteiger partial charge in [-0.15, -0.1) is 0 Å². The van der Waals surface area contributed by atoms with Gasteiger partial charge in [0.15, 0.2) is 0 Å². The number of rotatable bonds is 3. The van der Waals surface area contributed by atoms with Crippen molar-refractivity contribution < 1.29 is 14.2 Å². The topological polar surface area (TPSA) is 18.5 Å². The van der Waals surface area contributed by atoms with Crippen LogP contribution in [0.2, 0.25) is 0 Å². The molecule has 1 fully saturated rings. The highest BCUT2D eigenvalue weighted by Crippen LogP contribution is 2.20. The number of likely N-dealkylation sites (N-methyl/N-ethyl adjacent to an activating group) is 1. The van der Waals surface area contributed by atoms with E-state index < -0.39 is 0 Å². The number of nitrogens with zero attached hydrogens (tertiary/aromatic N) is 1. The van der Waals surface area contributed by atoms with Crippen molar-refractivity contribution in [2.75, 3.05) is 33.4 Å². The van der Waals surface area contributed by atoms with E-state index in [2.05, 4.69) is 13.8 Å². The van der Waals surface area contributed by atoms with E-state index in [1.54, 1.807) is 7.11 Å². The summed E-state index contributed by atoms with van der Waals surface area (Å²) in [7, 11) is 1.80. The van der Waals surface area contributed by atoms with Gasteiger partial charge in [0.1, 0.15) is 25.7 Å². The Labute approximate surface area is 74.8 Å². The molecule has 0 N–H and O–H groups in total. The highest BCUT2D eigenvalue weighted by Gasteiger charge is 2.38. The molecule has 1 aliphatic heterocycles. The molecule has 0 aromatic heterocycles. The van der Waals surface area contributed by atoms with E-state index in [-0.39, 0.29) is 0 Å². The zero-order valence-corrected chi connectivity index (χ0v) is 8.38. The smallest absolute Gasteiger partial charge is 0.142 e. The van der Waals surface area contributed by atoms with Gasteiger partial charge in [-0.25, -0.2) is 4.84 Å². The van der Waals surface area contributed by atoms with Gasteiger partial charge in [-0.2, -0.15) is 4.65 Å². The third-order valence-electron chi connectivity index (χ3n) is 2.96. The SMILES string of the molecule is CCC1COCC[N+]1(CC)OC. The molecule has 1 heterocycles. The van der Waals surface area contributed by atoms with Crippen LogP contribution in [0.25, 0.3) is 0 Å². The molecular formula is C9H20NO2+. The molecule has 2 unspecified atom stereocenters. The summed E-state index contributed by atoms with van der Waals surface area (Å²) in [4.78, 5) is 5.59. The molecule has 1 saturated heterocycles. The predicted molar refractivity (Wildman–Crippen MR) is 47.6 cm³/mol. The molecule has 0 aromatic carbocycles. The van der Waals surface area contributed by atoms with Gasteiger partial charge in [0.2, 0.25) is 0 Å². The molecule has 3 nitrogen and oxygen atoms in total. The summed E-state index contributed by atoms with van der Waals surface area (Å²) in [5.74, 6) is 0. The van der Waals surface area contributed by atoms with Crippen LogP contribution >= 0.6 is 0 Å². The Morgan fingerprint density at radius 1 is 1.50 bits per heavy atom. The summed E-state index contributed by atoms with van der Waals surface area (Å²) in [5.41, 5.74) is 0. The van der Waals surface area contributed by atoms with Crippen LogP contribution in [0.4, 0.5) is 0 Å². The van der Waals surface area contributed by atoms with E-state index in [1.165, 1.54) is 0 Å². The zero-order chi connectivity index (χ0) is 9.03. The van der Waals surface area contributed by atoms with Crippen LogP contribution in [0.15, 0.2) is 0 Å². The second kappa shape index (κ2) is 4.21. The fourth-order valence-electron chi connectivity index (χ4n) is 1.99. The van der Waals surface area contributed by atoms with Crippen LogP contribution in [0, 0.1) is 0 Å². The fourth-order valence-corrected chi connectivity index (χ4v) is 1.99. The van der Waals surface area contributed by atoms with E-state index in [0.29, 0.717) is 6.04 Å². The lowest BCUT2D eigenvalue weighted by Crippen LogP contribution is -2.60. The van der Waals surface area contributed by atoms with Crippen molar-refractivity contribution in [2.24, 2.45) is 0 Å². The Hall–Kier alpha value is -0.120. The Kier molecular flexibility index (Phi) is 3.50. The van der Waals surface area contributed by atoms with Crippen LogP contribution in [0.3, 0.4) is 0 Å². The van der Waals surface area contributed by atoms with Crippen molar-refractivity contribution in [3.05, 3.63) is 0 Å². The molecule has 0 aromatic rings. The molecule has 0 saturated carbocycles. The average molecular weight is 174 g/mol. The highest BCUT2D eigenvalue weighted by atomic mass is 16.7. The molecule has 2 atom stereocenters. The molecule has 0 aliphatic carbocycles. The first-order valence-electron chi connectivity index (χ1n) is 4.79. The molecule has 1 aliphatic rings. The van der Waals surface area contributed by atoms with Crippen molar-refractivity contribution >= 4 is 0 Å². The number of quaternary nitrogens is 1. The highest BCUT2D eigenvalue weighted by molar-refractivity contribution is 4.58. The second-order valence-corrected chi connectivity index (χ2v) is 3.31. The molecule has 0 amide bonds. The van der Waals surface area contributed by atoms with Gasteiger partial charge >= 0.3 is 0 Å². The summed E-state index contributed by atoms with van der Waals surface area (Å²) in [5, 5.41) is 0. The number of hydroxylamine groups is 3. The van der Waals surface area contributed by atoms with E-state index >= 15 is 0 Å². The van der Waals surface area contributed by atoms with Crippen molar-refractivity contribution in [2.45, 2.75) is 26.3 Å². The van der Waals surface area contributed by atoms with E-state index in [0.717, 1.165) is 37.4 Å². The van der Waals surface area contributed by atoms with Gasteiger partial charge in [0.05, 0.1) is 13.7 Å². The summed E-state index contributed by atoms with van der Waals surface area (Å²) in [6.45, 7) is 8.08. The predicted octanol–water partition coefficient (Wildman–Crippen LogP) is 1.19. The van der Waals surface area contributed by atoms with Crippen LogP contribution in [-0.4, -0.2) is 44.1 Å². The summed E-state index contributed by atoms with van der Waals surface area (Å²) in [6, 6.07) is 0.522. The monoisotopic (exact) mass is 174 g/mol. The summed E-state index contributed by atoms with van der Waals surface area (Å²) < 4.78 is 6.21. The second-order valence-electron chi connectivity index (χ2n) is 3.31. The largest absolute Gasteiger partial charge is 0.369 e.